The van der Waals surface area contributed by atoms with Crippen LogP contribution in [0.1, 0.15) is 10.4 Å². The summed E-state index contributed by atoms with van der Waals surface area (Å²) in [6.45, 7) is 0. The van der Waals surface area contributed by atoms with E-state index < -0.39 is 5.63 Å². The Morgan fingerprint density at radius 1 is 1.00 bits per heavy atom. The summed E-state index contributed by atoms with van der Waals surface area (Å²) < 4.78 is 15.4. The second-order valence-corrected chi connectivity index (χ2v) is 5.03. The van der Waals surface area contributed by atoms with Crippen molar-refractivity contribution in [1.29, 1.82) is 0 Å². The quantitative estimate of drug-likeness (QED) is 0.746. The Morgan fingerprint density at radius 2 is 1.83 bits per heavy atom. The molecule has 0 radical (unpaired) electrons. The van der Waals surface area contributed by atoms with Crippen molar-refractivity contribution in [3.05, 3.63) is 64.5 Å². The summed E-state index contributed by atoms with van der Waals surface area (Å²) in [5, 5.41) is 3.51. The summed E-state index contributed by atoms with van der Waals surface area (Å²) >= 11 is 0. The molecule has 6 nitrogen and oxygen atoms in total. The molecular formula is C18H15NO5. The Labute approximate surface area is 137 Å². The van der Waals surface area contributed by atoms with Gasteiger partial charge in [-0.1, -0.05) is 0 Å². The van der Waals surface area contributed by atoms with Crippen LogP contribution in [-0.4, -0.2) is 20.1 Å². The van der Waals surface area contributed by atoms with Gasteiger partial charge < -0.3 is 19.2 Å². The normalized spacial score (nSPS) is 10.4. The fraction of sp³-hybridized carbons (Fsp3) is 0.111. The lowest BCUT2D eigenvalue weighted by Gasteiger charge is -2.11. The molecule has 0 aliphatic heterocycles. The number of hydrogen-bond acceptors (Lipinski definition) is 5. The Balaban J connectivity index is 1.89. The van der Waals surface area contributed by atoms with Crippen LogP contribution in [0.4, 0.5) is 5.69 Å². The molecule has 0 aliphatic rings. The van der Waals surface area contributed by atoms with Crippen molar-refractivity contribution in [2.24, 2.45) is 0 Å². The zero-order valence-electron chi connectivity index (χ0n) is 13.2. The van der Waals surface area contributed by atoms with Crippen LogP contribution in [0.25, 0.3) is 11.0 Å². The summed E-state index contributed by atoms with van der Waals surface area (Å²) in [6.07, 6.45) is 0. The Morgan fingerprint density at radius 3 is 2.58 bits per heavy atom. The Bertz CT molecular complexity index is 961. The van der Waals surface area contributed by atoms with E-state index in [9.17, 15) is 9.59 Å². The monoisotopic (exact) mass is 325 g/mol. The maximum absolute atomic E-state index is 12.5. The molecule has 0 aliphatic carbocycles. The summed E-state index contributed by atoms with van der Waals surface area (Å²) in [4.78, 5) is 23.7. The van der Waals surface area contributed by atoms with E-state index in [0.717, 1.165) is 0 Å². The van der Waals surface area contributed by atoms with Gasteiger partial charge in [-0.3, -0.25) is 4.79 Å². The van der Waals surface area contributed by atoms with Gasteiger partial charge in [0.25, 0.3) is 5.91 Å². The van der Waals surface area contributed by atoms with Gasteiger partial charge in [-0.25, -0.2) is 4.79 Å². The van der Waals surface area contributed by atoms with Gasteiger partial charge in [0.15, 0.2) is 0 Å². The number of carbonyl (C=O) groups excluding carboxylic acids is 1. The van der Waals surface area contributed by atoms with Gasteiger partial charge in [0.05, 0.1) is 19.8 Å². The van der Waals surface area contributed by atoms with E-state index >= 15 is 0 Å². The summed E-state index contributed by atoms with van der Waals surface area (Å²) in [5.74, 6) is 0.703. The van der Waals surface area contributed by atoms with Crippen molar-refractivity contribution in [2.75, 3.05) is 19.5 Å². The van der Waals surface area contributed by atoms with Gasteiger partial charge in [0.2, 0.25) is 0 Å². The molecule has 1 N–H and O–H groups in total. The first-order valence-corrected chi connectivity index (χ1v) is 7.18. The first-order valence-electron chi connectivity index (χ1n) is 7.18. The van der Waals surface area contributed by atoms with Crippen LogP contribution in [0.3, 0.4) is 0 Å². The molecular weight excluding hydrogens is 310 g/mol. The van der Waals surface area contributed by atoms with Gasteiger partial charge in [0, 0.05) is 23.2 Å². The van der Waals surface area contributed by atoms with E-state index in [1.807, 2.05) is 0 Å². The minimum absolute atomic E-state index is 0.314. The molecule has 24 heavy (non-hydrogen) atoms. The summed E-state index contributed by atoms with van der Waals surface area (Å²) in [5.41, 5.74) is 1.02. The number of fused-ring (bicyclic) bond motifs is 1. The second kappa shape index (κ2) is 6.45. The number of carbonyl (C=O) groups is 1. The van der Waals surface area contributed by atoms with E-state index in [2.05, 4.69) is 5.32 Å². The van der Waals surface area contributed by atoms with Crippen LogP contribution in [0, 0.1) is 0 Å². The molecule has 0 bridgehead atoms. The molecule has 122 valence electrons. The zero-order valence-corrected chi connectivity index (χ0v) is 13.2. The molecule has 0 unspecified atom stereocenters. The van der Waals surface area contributed by atoms with Crippen LogP contribution in [0.5, 0.6) is 11.5 Å². The first-order chi connectivity index (χ1) is 11.6. The third-order valence-corrected chi connectivity index (χ3v) is 3.53. The van der Waals surface area contributed by atoms with Gasteiger partial charge in [-0.2, -0.15) is 0 Å². The van der Waals surface area contributed by atoms with E-state index in [-0.39, 0.29) is 5.91 Å². The molecule has 0 saturated heterocycles. The van der Waals surface area contributed by atoms with Crippen LogP contribution in [0.15, 0.2) is 57.7 Å². The highest BCUT2D eigenvalue weighted by Crippen LogP contribution is 2.26. The number of ether oxygens (including phenoxy) is 2. The third-order valence-electron chi connectivity index (χ3n) is 3.53. The lowest BCUT2D eigenvalue weighted by molar-refractivity contribution is 0.102. The molecule has 0 spiro atoms. The van der Waals surface area contributed by atoms with E-state index in [1.165, 1.54) is 13.2 Å². The van der Waals surface area contributed by atoms with Crippen LogP contribution in [0.2, 0.25) is 0 Å². The molecule has 2 aromatic carbocycles. The SMILES string of the molecule is COc1ccc(C(=O)Nc2ccc3oc(=O)ccc3c2)c(OC)c1. The number of anilines is 1. The molecule has 6 heteroatoms. The topological polar surface area (TPSA) is 77.8 Å². The van der Waals surface area contributed by atoms with Crippen molar-refractivity contribution in [1.82, 2.24) is 0 Å². The van der Waals surface area contributed by atoms with E-state index in [1.54, 1.807) is 49.6 Å². The smallest absolute Gasteiger partial charge is 0.336 e. The summed E-state index contributed by atoms with van der Waals surface area (Å²) in [6, 6.07) is 13.0. The fourth-order valence-electron chi connectivity index (χ4n) is 2.33. The van der Waals surface area contributed by atoms with Gasteiger partial charge in [0.1, 0.15) is 17.1 Å². The standard InChI is InChI=1S/C18H15NO5/c1-22-13-5-6-14(16(10-13)23-2)18(21)19-12-4-7-15-11(9-12)3-8-17(20)24-15/h3-10H,1-2H3,(H,19,21). The highest BCUT2D eigenvalue weighted by Gasteiger charge is 2.14. The third kappa shape index (κ3) is 3.08. The molecule has 3 aromatic rings. The first kappa shape index (κ1) is 15.6. The van der Waals surface area contributed by atoms with Crippen LogP contribution >= 0.6 is 0 Å². The molecule has 0 fully saturated rings. The van der Waals surface area contributed by atoms with Crippen LogP contribution < -0.4 is 20.4 Å². The molecule has 1 heterocycles. The number of hydrogen-bond donors (Lipinski definition) is 1. The van der Waals surface area contributed by atoms with Crippen molar-refractivity contribution in [2.45, 2.75) is 0 Å². The average molecular weight is 325 g/mol. The van der Waals surface area contributed by atoms with E-state index in [4.69, 9.17) is 13.9 Å². The number of methoxy groups -OCH3 is 2. The van der Waals surface area contributed by atoms with E-state index in [0.29, 0.717) is 33.7 Å². The Hall–Kier alpha value is -3.28. The van der Waals surface area contributed by atoms with Gasteiger partial charge in [-0.05, 0) is 36.4 Å². The molecule has 0 atom stereocenters. The lowest BCUT2D eigenvalue weighted by Crippen LogP contribution is -2.13. The highest BCUT2D eigenvalue weighted by molar-refractivity contribution is 6.07. The number of benzene rings is 2. The van der Waals surface area contributed by atoms with Crippen molar-refractivity contribution in [3.8, 4) is 11.5 Å². The predicted octanol–water partition coefficient (Wildman–Crippen LogP) is 3.06. The number of nitrogens with one attached hydrogen (secondary N) is 1. The highest BCUT2D eigenvalue weighted by atomic mass is 16.5. The minimum atomic E-state index is -0.415. The minimum Gasteiger partial charge on any atom is -0.497 e. The van der Waals surface area contributed by atoms with Crippen LogP contribution in [-0.2, 0) is 0 Å². The second-order valence-electron chi connectivity index (χ2n) is 5.03. The average Bonchev–Trinajstić information content (AvgIpc) is 2.61. The zero-order chi connectivity index (χ0) is 17.1. The predicted molar refractivity (Wildman–Crippen MR) is 90.0 cm³/mol. The van der Waals surface area contributed by atoms with Gasteiger partial charge in [-0.15, -0.1) is 0 Å². The van der Waals surface area contributed by atoms with Gasteiger partial charge >= 0.3 is 5.63 Å². The Kier molecular flexibility index (Phi) is 4.20. The maximum Gasteiger partial charge on any atom is 0.336 e. The number of rotatable bonds is 4. The van der Waals surface area contributed by atoms with Crippen molar-refractivity contribution in [3.63, 3.8) is 0 Å². The summed E-state index contributed by atoms with van der Waals surface area (Å²) in [7, 11) is 3.03. The molecule has 3 rings (SSSR count). The number of amides is 1. The largest absolute Gasteiger partial charge is 0.497 e. The molecule has 1 amide bonds. The van der Waals surface area contributed by atoms with Crippen molar-refractivity contribution < 1.29 is 18.7 Å². The molecule has 0 saturated carbocycles. The fourth-order valence-corrected chi connectivity index (χ4v) is 2.33. The molecule has 1 aromatic heterocycles. The van der Waals surface area contributed by atoms with Crippen molar-refractivity contribution >= 4 is 22.6 Å². The lowest BCUT2D eigenvalue weighted by atomic mass is 10.1. The maximum atomic E-state index is 12.5.